The maximum Gasteiger partial charge on any atom is 0.251 e. The highest BCUT2D eigenvalue weighted by atomic mass is 35.5. The summed E-state index contributed by atoms with van der Waals surface area (Å²) in [7, 11) is 1.58. The maximum atomic E-state index is 12.3. The zero-order valence-corrected chi connectivity index (χ0v) is 14.8. The van der Waals surface area contributed by atoms with Crippen LogP contribution in [0.1, 0.15) is 37.0 Å². The largest absolute Gasteiger partial charge is 0.493 e. The first-order valence-corrected chi connectivity index (χ1v) is 7.87. The molecule has 1 aromatic rings. The summed E-state index contributed by atoms with van der Waals surface area (Å²) in [5, 5.41) is 3.01. The van der Waals surface area contributed by atoms with Crippen LogP contribution in [-0.2, 0) is 0 Å². The van der Waals surface area contributed by atoms with Crippen LogP contribution in [0, 0.1) is 11.8 Å². The molecule has 1 aromatic carbocycles. The SMILES string of the molecule is COc1cc(C(=O)NC(CN)C2CC2)ccc1OCC(C)C.Cl. The lowest BCUT2D eigenvalue weighted by molar-refractivity contribution is 0.0933. The Morgan fingerprint density at radius 2 is 2.04 bits per heavy atom. The molecule has 1 saturated carbocycles. The first-order chi connectivity index (χ1) is 10.5. The van der Waals surface area contributed by atoms with Crippen LogP contribution in [0.5, 0.6) is 11.5 Å². The summed E-state index contributed by atoms with van der Waals surface area (Å²) in [5.41, 5.74) is 6.29. The minimum absolute atomic E-state index is 0. The van der Waals surface area contributed by atoms with Crippen molar-refractivity contribution in [3.05, 3.63) is 23.8 Å². The predicted octanol–water partition coefficient (Wildman–Crippen LogP) is 2.62. The fourth-order valence-corrected chi connectivity index (χ4v) is 2.30. The Kier molecular flexibility index (Phi) is 7.65. The van der Waals surface area contributed by atoms with Crippen LogP contribution in [0.2, 0.25) is 0 Å². The van der Waals surface area contributed by atoms with Crippen molar-refractivity contribution in [2.75, 3.05) is 20.3 Å². The van der Waals surface area contributed by atoms with E-state index in [4.69, 9.17) is 15.2 Å². The standard InChI is InChI=1S/C17H26N2O3.ClH/c1-11(2)10-22-15-7-6-13(8-16(15)21-3)17(20)19-14(9-18)12-4-5-12;/h6-8,11-12,14H,4-5,9-10,18H2,1-3H3,(H,19,20);1H. The molecule has 1 atom stereocenters. The highest BCUT2D eigenvalue weighted by Crippen LogP contribution is 2.33. The van der Waals surface area contributed by atoms with Gasteiger partial charge in [-0.25, -0.2) is 0 Å². The first-order valence-electron chi connectivity index (χ1n) is 7.87. The molecule has 5 nitrogen and oxygen atoms in total. The number of carbonyl (C=O) groups is 1. The van der Waals surface area contributed by atoms with Crippen LogP contribution in [-0.4, -0.2) is 32.2 Å². The highest BCUT2D eigenvalue weighted by molar-refractivity contribution is 5.95. The Morgan fingerprint density at radius 1 is 1.35 bits per heavy atom. The van der Waals surface area contributed by atoms with Crippen LogP contribution in [0.4, 0.5) is 0 Å². The van der Waals surface area contributed by atoms with E-state index in [1.165, 1.54) is 0 Å². The van der Waals surface area contributed by atoms with Crippen LogP contribution < -0.4 is 20.5 Å². The molecule has 0 aromatic heterocycles. The zero-order valence-electron chi connectivity index (χ0n) is 14.0. The number of nitrogens with one attached hydrogen (secondary N) is 1. The van der Waals surface area contributed by atoms with E-state index in [1.807, 2.05) is 0 Å². The molecule has 6 heteroatoms. The molecule has 0 bridgehead atoms. The minimum atomic E-state index is -0.115. The molecular weight excluding hydrogens is 316 g/mol. The minimum Gasteiger partial charge on any atom is -0.493 e. The van der Waals surface area contributed by atoms with E-state index in [0.29, 0.717) is 42.0 Å². The molecule has 1 unspecified atom stereocenters. The van der Waals surface area contributed by atoms with E-state index in [2.05, 4.69) is 19.2 Å². The predicted molar refractivity (Wildman–Crippen MR) is 93.6 cm³/mol. The number of benzene rings is 1. The Morgan fingerprint density at radius 3 is 2.57 bits per heavy atom. The number of rotatable bonds is 8. The van der Waals surface area contributed by atoms with Gasteiger partial charge in [0.1, 0.15) is 0 Å². The second-order valence-electron chi connectivity index (χ2n) is 6.22. The lowest BCUT2D eigenvalue weighted by Crippen LogP contribution is -2.41. The van der Waals surface area contributed by atoms with Gasteiger partial charge in [-0.2, -0.15) is 0 Å². The van der Waals surface area contributed by atoms with Crippen LogP contribution in [0.3, 0.4) is 0 Å². The molecule has 130 valence electrons. The molecule has 0 saturated heterocycles. The van der Waals surface area contributed by atoms with E-state index in [-0.39, 0.29) is 24.4 Å². The van der Waals surface area contributed by atoms with Crippen molar-refractivity contribution >= 4 is 18.3 Å². The zero-order chi connectivity index (χ0) is 16.1. The van der Waals surface area contributed by atoms with Gasteiger partial charge < -0.3 is 20.5 Å². The monoisotopic (exact) mass is 342 g/mol. The summed E-state index contributed by atoms with van der Waals surface area (Å²) >= 11 is 0. The molecule has 1 aliphatic rings. The summed E-state index contributed by atoms with van der Waals surface area (Å²) in [6.07, 6.45) is 2.29. The lowest BCUT2D eigenvalue weighted by atomic mass is 10.1. The Bertz CT molecular complexity index is 519. The van der Waals surface area contributed by atoms with E-state index in [9.17, 15) is 4.79 Å². The molecule has 1 amide bonds. The van der Waals surface area contributed by atoms with Gasteiger partial charge in [-0.05, 0) is 42.9 Å². The smallest absolute Gasteiger partial charge is 0.251 e. The molecule has 2 rings (SSSR count). The Balaban J connectivity index is 0.00000264. The number of amides is 1. The number of halogens is 1. The molecular formula is C17H27ClN2O3. The molecule has 0 aliphatic heterocycles. The van der Waals surface area contributed by atoms with Crippen molar-refractivity contribution in [1.29, 1.82) is 0 Å². The molecule has 1 fully saturated rings. The van der Waals surface area contributed by atoms with Crippen LogP contribution in [0.25, 0.3) is 0 Å². The lowest BCUT2D eigenvalue weighted by Gasteiger charge is -2.17. The maximum absolute atomic E-state index is 12.3. The molecule has 0 spiro atoms. The topological polar surface area (TPSA) is 73.6 Å². The highest BCUT2D eigenvalue weighted by Gasteiger charge is 2.31. The normalized spacial score (nSPS) is 14.8. The van der Waals surface area contributed by atoms with Crippen molar-refractivity contribution < 1.29 is 14.3 Å². The van der Waals surface area contributed by atoms with Gasteiger partial charge in [-0.15, -0.1) is 12.4 Å². The summed E-state index contributed by atoms with van der Waals surface area (Å²) in [4.78, 5) is 12.3. The van der Waals surface area contributed by atoms with Crippen molar-refractivity contribution in [3.8, 4) is 11.5 Å². The van der Waals surface area contributed by atoms with E-state index in [1.54, 1.807) is 25.3 Å². The van der Waals surface area contributed by atoms with Crippen molar-refractivity contribution in [3.63, 3.8) is 0 Å². The quantitative estimate of drug-likeness (QED) is 0.761. The summed E-state index contributed by atoms with van der Waals surface area (Å²) in [5.74, 6) is 2.08. The second kappa shape index (κ2) is 8.99. The van der Waals surface area contributed by atoms with Gasteiger partial charge in [0.15, 0.2) is 11.5 Å². The molecule has 3 N–H and O–H groups in total. The third-order valence-electron chi connectivity index (χ3n) is 3.76. The molecule has 0 radical (unpaired) electrons. The van der Waals surface area contributed by atoms with Gasteiger partial charge in [0, 0.05) is 18.2 Å². The third-order valence-corrected chi connectivity index (χ3v) is 3.76. The average Bonchev–Trinajstić information content (AvgIpc) is 3.34. The number of carbonyl (C=O) groups excluding carboxylic acids is 1. The molecule has 0 heterocycles. The number of nitrogens with two attached hydrogens (primary N) is 1. The third kappa shape index (κ3) is 5.59. The summed E-state index contributed by atoms with van der Waals surface area (Å²) in [6, 6.07) is 5.32. The van der Waals surface area contributed by atoms with Crippen molar-refractivity contribution in [1.82, 2.24) is 5.32 Å². The van der Waals surface area contributed by atoms with Gasteiger partial charge in [0.25, 0.3) is 5.91 Å². The van der Waals surface area contributed by atoms with Crippen molar-refractivity contribution in [2.24, 2.45) is 17.6 Å². The fourth-order valence-electron chi connectivity index (χ4n) is 2.30. The van der Waals surface area contributed by atoms with E-state index < -0.39 is 0 Å². The van der Waals surface area contributed by atoms with Gasteiger partial charge in [-0.3, -0.25) is 4.79 Å². The van der Waals surface area contributed by atoms with Gasteiger partial charge in [0.05, 0.1) is 13.7 Å². The van der Waals surface area contributed by atoms with E-state index in [0.717, 1.165) is 12.8 Å². The van der Waals surface area contributed by atoms with Crippen LogP contribution in [0.15, 0.2) is 18.2 Å². The summed E-state index contributed by atoms with van der Waals surface area (Å²) < 4.78 is 11.0. The van der Waals surface area contributed by atoms with Gasteiger partial charge >= 0.3 is 0 Å². The second-order valence-corrected chi connectivity index (χ2v) is 6.22. The number of hydrogen-bond acceptors (Lipinski definition) is 4. The Labute approximate surface area is 144 Å². The average molecular weight is 343 g/mol. The summed E-state index contributed by atoms with van der Waals surface area (Å²) in [6.45, 7) is 5.25. The van der Waals surface area contributed by atoms with E-state index >= 15 is 0 Å². The van der Waals surface area contributed by atoms with Crippen molar-refractivity contribution in [2.45, 2.75) is 32.7 Å². The molecule has 1 aliphatic carbocycles. The Hall–Kier alpha value is -1.46. The fraction of sp³-hybridized carbons (Fsp3) is 0.588. The number of hydrogen-bond donors (Lipinski definition) is 2. The number of ether oxygens (including phenoxy) is 2. The van der Waals surface area contributed by atoms with Gasteiger partial charge in [0.2, 0.25) is 0 Å². The first kappa shape index (κ1) is 19.6. The van der Waals surface area contributed by atoms with Gasteiger partial charge in [-0.1, -0.05) is 13.8 Å². The molecule has 23 heavy (non-hydrogen) atoms. The van der Waals surface area contributed by atoms with Crippen LogP contribution >= 0.6 is 12.4 Å². The number of methoxy groups -OCH3 is 1.